The van der Waals surface area contributed by atoms with E-state index in [-0.39, 0.29) is 5.63 Å². The molecule has 0 saturated heterocycles. The average Bonchev–Trinajstić information content (AvgIpc) is 2.20. The van der Waals surface area contributed by atoms with Crippen molar-refractivity contribution >= 4 is 0 Å². The van der Waals surface area contributed by atoms with Crippen molar-refractivity contribution in [3.63, 3.8) is 0 Å². The van der Waals surface area contributed by atoms with Crippen LogP contribution in [0.2, 0.25) is 0 Å². The largest absolute Gasteiger partial charge is 0.429 e. The first-order chi connectivity index (χ1) is 4.75. The standard InChI is InChI=1S/C6H10N2O2/c1-3-4-8-5(2)6(9)10-7-8/h3-4H2,1-2H3/p+1. The molecule has 1 aromatic rings. The van der Waals surface area contributed by atoms with Crippen molar-refractivity contribution in [2.24, 2.45) is 0 Å². The molecular formula is C6H11N2O2+. The maximum atomic E-state index is 10.7. The molecule has 4 nitrogen and oxygen atoms in total. The second kappa shape index (κ2) is 2.68. The van der Waals surface area contributed by atoms with Gasteiger partial charge in [-0.3, -0.25) is 4.52 Å². The zero-order chi connectivity index (χ0) is 7.56. The Kier molecular flexibility index (Phi) is 1.89. The minimum atomic E-state index is -0.284. The van der Waals surface area contributed by atoms with Gasteiger partial charge in [-0.1, -0.05) is 11.6 Å². The van der Waals surface area contributed by atoms with Gasteiger partial charge < -0.3 is 0 Å². The second-order valence-electron chi connectivity index (χ2n) is 2.22. The van der Waals surface area contributed by atoms with Crippen LogP contribution in [0.3, 0.4) is 0 Å². The summed E-state index contributed by atoms with van der Waals surface area (Å²) in [4.78, 5) is 10.7. The molecule has 1 heterocycles. The van der Waals surface area contributed by atoms with E-state index in [0.29, 0.717) is 5.69 Å². The van der Waals surface area contributed by atoms with E-state index in [4.69, 9.17) is 0 Å². The molecule has 0 aliphatic rings. The minimum absolute atomic E-state index is 0.284. The van der Waals surface area contributed by atoms with Gasteiger partial charge in [-0.25, -0.2) is 4.79 Å². The molecule has 10 heavy (non-hydrogen) atoms. The van der Waals surface area contributed by atoms with E-state index in [2.05, 4.69) is 9.79 Å². The van der Waals surface area contributed by atoms with E-state index >= 15 is 0 Å². The van der Waals surface area contributed by atoms with E-state index in [1.54, 1.807) is 11.6 Å². The third-order valence-electron chi connectivity index (χ3n) is 1.40. The number of hydrogen-bond donors (Lipinski definition) is 1. The number of aromatic nitrogens is 2. The summed E-state index contributed by atoms with van der Waals surface area (Å²) in [5.41, 5.74) is 0.343. The quantitative estimate of drug-likeness (QED) is 0.591. The van der Waals surface area contributed by atoms with Gasteiger partial charge >= 0.3 is 5.63 Å². The summed E-state index contributed by atoms with van der Waals surface area (Å²) < 4.78 is 6.23. The van der Waals surface area contributed by atoms with E-state index in [0.717, 1.165) is 13.0 Å². The molecule has 0 aliphatic heterocycles. The SMILES string of the molecule is CCC[n+]1[nH]oc(=O)c1C. The summed E-state index contributed by atoms with van der Waals surface area (Å²) >= 11 is 0. The number of aromatic amines is 1. The Labute approximate surface area is 58.4 Å². The minimum Gasteiger partial charge on any atom is -0.283 e. The smallest absolute Gasteiger partial charge is 0.283 e. The van der Waals surface area contributed by atoms with Crippen LogP contribution in [0.4, 0.5) is 0 Å². The first kappa shape index (κ1) is 7.05. The average molecular weight is 143 g/mol. The van der Waals surface area contributed by atoms with Crippen molar-refractivity contribution in [2.45, 2.75) is 26.8 Å². The van der Waals surface area contributed by atoms with E-state index < -0.39 is 0 Å². The van der Waals surface area contributed by atoms with E-state index in [1.807, 2.05) is 6.92 Å². The molecule has 1 rings (SSSR count). The lowest BCUT2D eigenvalue weighted by Crippen LogP contribution is -2.39. The summed E-state index contributed by atoms with van der Waals surface area (Å²) in [6, 6.07) is 0. The second-order valence-corrected chi connectivity index (χ2v) is 2.22. The molecule has 0 amide bonds. The van der Waals surface area contributed by atoms with Crippen LogP contribution in [-0.4, -0.2) is 5.27 Å². The van der Waals surface area contributed by atoms with Crippen molar-refractivity contribution in [3.05, 3.63) is 16.1 Å². The summed E-state index contributed by atoms with van der Waals surface area (Å²) in [5.74, 6) is 0. The van der Waals surface area contributed by atoms with Gasteiger partial charge in [-0.05, 0) is 5.27 Å². The van der Waals surface area contributed by atoms with Crippen molar-refractivity contribution in [3.8, 4) is 0 Å². The lowest BCUT2D eigenvalue weighted by Gasteiger charge is -1.83. The summed E-state index contributed by atoms with van der Waals surface area (Å²) in [7, 11) is 0. The van der Waals surface area contributed by atoms with Gasteiger partial charge in [0.05, 0.1) is 0 Å². The van der Waals surface area contributed by atoms with Crippen LogP contribution < -0.4 is 10.3 Å². The van der Waals surface area contributed by atoms with Crippen molar-refractivity contribution < 1.29 is 9.20 Å². The molecule has 0 spiro atoms. The summed E-state index contributed by atoms with van der Waals surface area (Å²) in [5, 5.41) is 2.50. The van der Waals surface area contributed by atoms with Gasteiger partial charge in [-0.2, -0.15) is 0 Å². The number of nitrogens with one attached hydrogen (secondary N) is 1. The number of rotatable bonds is 2. The topological polar surface area (TPSA) is 49.9 Å². The number of hydrogen-bond acceptors (Lipinski definition) is 2. The van der Waals surface area contributed by atoms with E-state index in [9.17, 15) is 4.79 Å². The van der Waals surface area contributed by atoms with Gasteiger partial charge in [0.2, 0.25) is 0 Å². The van der Waals surface area contributed by atoms with Gasteiger partial charge in [-0.15, -0.1) is 0 Å². The number of aryl methyl sites for hydroxylation is 1. The predicted octanol–water partition coefficient (Wildman–Crippen LogP) is -0.0262. The maximum Gasteiger partial charge on any atom is 0.429 e. The van der Waals surface area contributed by atoms with Crippen LogP contribution in [0.5, 0.6) is 0 Å². The Morgan fingerprint density at radius 2 is 2.40 bits per heavy atom. The third kappa shape index (κ3) is 1.10. The molecule has 1 aromatic heterocycles. The Morgan fingerprint density at radius 1 is 1.70 bits per heavy atom. The Hall–Kier alpha value is -1.06. The Bertz CT molecular complexity index is 261. The molecule has 0 aromatic carbocycles. The fourth-order valence-corrected chi connectivity index (χ4v) is 0.786. The highest BCUT2D eigenvalue weighted by Gasteiger charge is 2.12. The van der Waals surface area contributed by atoms with Crippen LogP contribution >= 0.6 is 0 Å². The zero-order valence-corrected chi connectivity index (χ0v) is 6.18. The lowest BCUT2D eigenvalue weighted by atomic mass is 10.4. The van der Waals surface area contributed by atoms with Gasteiger partial charge in [0, 0.05) is 13.3 Å². The molecule has 0 unspecified atom stereocenters. The van der Waals surface area contributed by atoms with Crippen molar-refractivity contribution in [2.75, 3.05) is 0 Å². The van der Waals surface area contributed by atoms with Gasteiger partial charge in [0.1, 0.15) is 0 Å². The summed E-state index contributed by atoms with van der Waals surface area (Å²) in [6.45, 7) is 4.58. The van der Waals surface area contributed by atoms with Crippen LogP contribution in [0.15, 0.2) is 9.32 Å². The zero-order valence-electron chi connectivity index (χ0n) is 6.18. The molecule has 4 heteroatoms. The van der Waals surface area contributed by atoms with Crippen LogP contribution in [0.25, 0.3) is 0 Å². The number of H-pyrrole nitrogens is 1. The monoisotopic (exact) mass is 143 g/mol. The molecule has 0 radical (unpaired) electrons. The molecule has 0 fully saturated rings. The van der Waals surface area contributed by atoms with Gasteiger partial charge in [0.25, 0.3) is 5.69 Å². The third-order valence-corrected chi connectivity index (χ3v) is 1.40. The Morgan fingerprint density at radius 3 is 2.80 bits per heavy atom. The molecule has 0 atom stereocenters. The van der Waals surface area contributed by atoms with Crippen LogP contribution in [-0.2, 0) is 6.54 Å². The molecule has 56 valence electrons. The van der Waals surface area contributed by atoms with Crippen molar-refractivity contribution in [1.29, 1.82) is 0 Å². The molecular weight excluding hydrogens is 132 g/mol. The van der Waals surface area contributed by atoms with Gasteiger partial charge in [0.15, 0.2) is 6.54 Å². The lowest BCUT2D eigenvalue weighted by molar-refractivity contribution is -0.767. The van der Waals surface area contributed by atoms with Crippen LogP contribution in [0.1, 0.15) is 19.0 Å². The fraction of sp³-hybridized carbons (Fsp3) is 0.667. The fourth-order valence-electron chi connectivity index (χ4n) is 0.786. The summed E-state index contributed by atoms with van der Waals surface area (Å²) in [6.07, 6.45) is 0.987. The highest BCUT2D eigenvalue weighted by Crippen LogP contribution is 1.77. The highest BCUT2D eigenvalue weighted by atomic mass is 16.5. The highest BCUT2D eigenvalue weighted by molar-refractivity contribution is 4.75. The normalized spacial score (nSPS) is 10.2. The first-order valence-corrected chi connectivity index (χ1v) is 3.33. The molecule has 0 saturated carbocycles. The molecule has 1 N–H and O–H groups in total. The van der Waals surface area contributed by atoms with E-state index in [1.165, 1.54) is 0 Å². The molecule has 0 aliphatic carbocycles. The van der Waals surface area contributed by atoms with Crippen LogP contribution in [0, 0.1) is 6.92 Å². The number of nitrogens with zero attached hydrogens (tertiary/aromatic N) is 1. The maximum absolute atomic E-state index is 10.7. The Balaban J connectivity index is 2.94. The first-order valence-electron chi connectivity index (χ1n) is 3.33. The molecule has 0 bridgehead atoms. The predicted molar refractivity (Wildman–Crippen MR) is 34.6 cm³/mol. The van der Waals surface area contributed by atoms with Crippen molar-refractivity contribution in [1.82, 2.24) is 5.27 Å².